The lowest BCUT2D eigenvalue weighted by Gasteiger charge is -2.19. The summed E-state index contributed by atoms with van der Waals surface area (Å²) in [5, 5.41) is 4.02. The molecule has 1 aliphatic rings. The highest BCUT2D eigenvalue weighted by Gasteiger charge is 2.20. The molecule has 0 radical (unpaired) electrons. The molecular formula is C18H17NO5. The third-order valence-corrected chi connectivity index (χ3v) is 3.66. The summed E-state index contributed by atoms with van der Waals surface area (Å²) < 4.78 is 15.9. The van der Waals surface area contributed by atoms with E-state index in [0.29, 0.717) is 41.6 Å². The Bertz CT molecular complexity index is 785. The molecule has 0 fully saturated rings. The normalized spacial score (nSPS) is 14.5. The highest BCUT2D eigenvalue weighted by molar-refractivity contribution is 6.04. The summed E-state index contributed by atoms with van der Waals surface area (Å²) in [4.78, 5) is 17.3. The smallest absolute Gasteiger partial charge is 0.369 e. The van der Waals surface area contributed by atoms with Gasteiger partial charge in [-0.05, 0) is 24.3 Å². The van der Waals surface area contributed by atoms with Gasteiger partial charge in [0.25, 0.3) is 0 Å². The first-order valence-corrected chi connectivity index (χ1v) is 7.45. The number of oxime groups is 1. The van der Waals surface area contributed by atoms with Gasteiger partial charge in [-0.25, -0.2) is 4.79 Å². The lowest BCUT2D eigenvalue weighted by Crippen LogP contribution is -2.17. The highest BCUT2D eigenvalue weighted by atomic mass is 16.7. The van der Waals surface area contributed by atoms with Gasteiger partial charge in [-0.3, -0.25) is 0 Å². The largest absolute Gasteiger partial charge is 0.497 e. The predicted molar refractivity (Wildman–Crippen MR) is 88.1 cm³/mol. The fourth-order valence-electron chi connectivity index (χ4n) is 2.43. The summed E-state index contributed by atoms with van der Waals surface area (Å²) in [5.41, 5.74) is 1.77. The number of para-hydroxylation sites is 1. The number of fused-ring (bicyclic) bond motifs is 1. The summed E-state index contributed by atoms with van der Waals surface area (Å²) in [7, 11) is 3.09. The van der Waals surface area contributed by atoms with Gasteiger partial charge >= 0.3 is 5.97 Å². The zero-order valence-electron chi connectivity index (χ0n) is 13.4. The molecule has 1 heterocycles. The van der Waals surface area contributed by atoms with E-state index in [9.17, 15) is 4.79 Å². The molecule has 0 N–H and O–H groups in total. The van der Waals surface area contributed by atoms with Crippen molar-refractivity contribution in [3.63, 3.8) is 0 Å². The molecule has 0 unspecified atom stereocenters. The van der Waals surface area contributed by atoms with Crippen LogP contribution in [0.5, 0.6) is 17.2 Å². The molecule has 6 nitrogen and oxygen atoms in total. The van der Waals surface area contributed by atoms with E-state index in [1.165, 1.54) is 7.11 Å². The molecule has 0 atom stereocenters. The molecule has 0 aliphatic carbocycles. The van der Waals surface area contributed by atoms with Gasteiger partial charge in [0.1, 0.15) is 22.8 Å². The Morgan fingerprint density at radius 3 is 2.75 bits per heavy atom. The van der Waals surface area contributed by atoms with Crippen molar-refractivity contribution in [3.05, 3.63) is 53.6 Å². The number of benzene rings is 2. The van der Waals surface area contributed by atoms with Gasteiger partial charge in [0.2, 0.25) is 0 Å². The number of carbonyl (C=O) groups excluding carboxylic acids is 1. The fourth-order valence-corrected chi connectivity index (χ4v) is 2.43. The van der Waals surface area contributed by atoms with Crippen molar-refractivity contribution in [1.82, 2.24) is 0 Å². The number of nitrogens with zero attached hydrogens (tertiary/aromatic N) is 1. The molecule has 0 bridgehead atoms. The van der Waals surface area contributed by atoms with Gasteiger partial charge in [0.15, 0.2) is 0 Å². The molecule has 0 saturated carbocycles. The SMILES string of the molecule is COc1ccc2c(c1)OCC/C2=N/OC(=O)c1ccccc1OC. The molecule has 24 heavy (non-hydrogen) atoms. The minimum absolute atomic E-state index is 0.325. The van der Waals surface area contributed by atoms with Crippen LogP contribution in [0.15, 0.2) is 47.6 Å². The van der Waals surface area contributed by atoms with E-state index in [2.05, 4.69) is 5.16 Å². The van der Waals surface area contributed by atoms with Crippen molar-refractivity contribution in [2.45, 2.75) is 6.42 Å². The third kappa shape index (κ3) is 3.17. The van der Waals surface area contributed by atoms with Crippen molar-refractivity contribution in [1.29, 1.82) is 0 Å². The molecule has 124 valence electrons. The van der Waals surface area contributed by atoms with Crippen molar-refractivity contribution >= 4 is 11.7 Å². The quantitative estimate of drug-likeness (QED) is 0.638. The number of ether oxygens (including phenoxy) is 3. The van der Waals surface area contributed by atoms with E-state index in [0.717, 1.165) is 5.56 Å². The number of carbonyl (C=O) groups is 1. The maximum Gasteiger partial charge on any atom is 0.369 e. The molecule has 6 heteroatoms. The molecule has 2 aromatic carbocycles. The molecule has 3 rings (SSSR count). The van der Waals surface area contributed by atoms with E-state index in [1.807, 2.05) is 12.1 Å². The number of hydrogen-bond donors (Lipinski definition) is 0. The Morgan fingerprint density at radius 1 is 1.12 bits per heavy atom. The van der Waals surface area contributed by atoms with Crippen molar-refractivity contribution in [2.75, 3.05) is 20.8 Å². The predicted octanol–water partition coefficient (Wildman–Crippen LogP) is 3.05. The standard InChI is InChI=1S/C18H17NO5/c1-21-12-7-8-13-15(9-10-23-17(13)11-12)19-24-18(20)14-5-3-4-6-16(14)22-2/h3-8,11H,9-10H2,1-2H3/b19-15-. The van der Waals surface area contributed by atoms with Gasteiger partial charge in [0, 0.05) is 18.1 Å². The van der Waals surface area contributed by atoms with E-state index in [4.69, 9.17) is 19.0 Å². The van der Waals surface area contributed by atoms with E-state index < -0.39 is 5.97 Å². The van der Waals surface area contributed by atoms with Gasteiger partial charge in [-0.1, -0.05) is 17.3 Å². The third-order valence-electron chi connectivity index (χ3n) is 3.66. The first kappa shape index (κ1) is 15.9. The topological polar surface area (TPSA) is 66.3 Å². The number of methoxy groups -OCH3 is 2. The van der Waals surface area contributed by atoms with E-state index in [-0.39, 0.29) is 0 Å². The van der Waals surface area contributed by atoms with Crippen LogP contribution in [-0.2, 0) is 4.84 Å². The van der Waals surface area contributed by atoms with Crippen molar-refractivity contribution in [2.24, 2.45) is 5.16 Å². The molecule has 0 amide bonds. The summed E-state index contributed by atoms with van der Waals surface area (Å²) >= 11 is 0. The first-order valence-electron chi connectivity index (χ1n) is 7.45. The van der Waals surface area contributed by atoms with E-state index in [1.54, 1.807) is 37.4 Å². The van der Waals surface area contributed by atoms with Crippen LogP contribution < -0.4 is 14.2 Å². The summed E-state index contributed by atoms with van der Waals surface area (Å²) in [6.07, 6.45) is 0.554. The Morgan fingerprint density at radius 2 is 1.96 bits per heavy atom. The van der Waals surface area contributed by atoms with Crippen molar-refractivity contribution < 1.29 is 23.8 Å². The molecule has 2 aromatic rings. The Hall–Kier alpha value is -3.02. The van der Waals surface area contributed by atoms with Crippen LogP contribution in [0.4, 0.5) is 0 Å². The van der Waals surface area contributed by atoms with Gasteiger partial charge in [-0.2, -0.15) is 0 Å². The first-order chi connectivity index (χ1) is 11.7. The van der Waals surface area contributed by atoms with Crippen LogP contribution in [0, 0.1) is 0 Å². The minimum Gasteiger partial charge on any atom is -0.497 e. The Balaban J connectivity index is 1.82. The molecular weight excluding hydrogens is 310 g/mol. The zero-order valence-corrected chi connectivity index (χ0v) is 13.4. The summed E-state index contributed by atoms with van der Waals surface area (Å²) in [6.45, 7) is 0.464. The van der Waals surface area contributed by atoms with Gasteiger partial charge in [-0.15, -0.1) is 0 Å². The second kappa shape index (κ2) is 7.04. The number of rotatable bonds is 4. The van der Waals surface area contributed by atoms with Crippen LogP contribution in [-0.4, -0.2) is 32.5 Å². The minimum atomic E-state index is -0.568. The van der Waals surface area contributed by atoms with E-state index >= 15 is 0 Å². The average Bonchev–Trinajstić information content (AvgIpc) is 2.65. The monoisotopic (exact) mass is 327 g/mol. The lowest BCUT2D eigenvalue weighted by molar-refractivity contribution is 0.0511. The van der Waals surface area contributed by atoms with Crippen LogP contribution in [0.2, 0.25) is 0 Å². The van der Waals surface area contributed by atoms with Gasteiger partial charge < -0.3 is 19.0 Å². The zero-order chi connectivity index (χ0) is 16.9. The second-order valence-electron chi connectivity index (χ2n) is 5.08. The summed E-state index contributed by atoms with van der Waals surface area (Å²) in [5.74, 6) is 1.23. The Kier molecular flexibility index (Phi) is 4.65. The molecule has 1 aliphatic heterocycles. The Labute approximate surface area is 139 Å². The molecule has 0 aromatic heterocycles. The molecule has 0 saturated heterocycles. The van der Waals surface area contributed by atoms with Crippen LogP contribution in [0.1, 0.15) is 22.3 Å². The number of hydrogen-bond acceptors (Lipinski definition) is 6. The van der Waals surface area contributed by atoms with Crippen LogP contribution >= 0.6 is 0 Å². The van der Waals surface area contributed by atoms with Crippen LogP contribution in [0.25, 0.3) is 0 Å². The van der Waals surface area contributed by atoms with Gasteiger partial charge in [0.05, 0.1) is 26.5 Å². The fraction of sp³-hybridized carbons (Fsp3) is 0.222. The molecule has 0 spiro atoms. The maximum atomic E-state index is 12.2. The van der Waals surface area contributed by atoms with Crippen molar-refractivity contribution in [3.8, 4) is 17.2 Å². The average molecular weight is 327 g/mol. The lowest BCUT2D eigenvalue weighted by atomic mass is 10.0. The van der Waals surface area contributed by atoms with Crippen LogP contribution in [0.3, 0.4) is 0 Å². The highest BCUT2D eigenvalue weighted by Crippen LogP contribution is 2.29. The second-order valence-corrected chi connectivity index (χ2v) is 5.08. The maximum absolute atomic E-state index is 12.2. The summed E-state index contributed by atoms with van der Waals surface area (Å²) in [6, 6.07) is 12.3.